The van der Waals surface area contributed by atoms with Gasteiger partial charge >= 0.3 is 0 Å². The summed E-state index contributed by atoms with van der Waals surface area (Å²) in [5.74, 6) is -0.333. The molecule has 1 saturated heterocycles. The largest absolute Gasteiger partial charge is 0.339 e. The van der Waals surface area contributed by atoms with Gasteiger partial charge in [-0.25, -0.2) is 0 Å². The average Bonchev–Trinajstić information content (AvgIpc) is 2.75. The molecule has 0 saturated carbocycles. The van der Waals surface area contributed by atoms with Crippen LogP contribution in [0.2, 0.25) is 0 Å². The molecule has 0 unspecified atom stereocenters. The first-order valence-electron chi connectivity index (χ1n) is 6.44. The Hall–Kier alpha value is -0.880. The van der Waals surface area contributed by atoms with Crippen molar-refractivity contribution in [1.29, 1.82) is 0 Å². The summed E-state index contributed by atoms with van der Waals surface area (Å²) in [4.78, 5) is 25.8. The highest BCUT2D eigenvalue weighted by molar-refractivity contribution is 9.11. The number of nitrogens with zero attached hydrogens (tertiary/aromatic N) is 1. The maximum absolute atomic E-state index is 12.2. The second kappa shape index (κ2) is 6.26. The van der Waals surface area contributed by atoms with Gasteiger partial charge in [0.15, 0.2) is 0 Å². The number of nitrogens with one attached hydrogen (secondary N) is 1. The van der Waals surface area contributed by atoms with E-state index in [-0.39, 0.29) is 30.2 Å². The predicted octanol–water partition coefficient (Wildman–Crippen LogP) is 3.41. The number of amides is 2. The van der Waals surface area contributed by atoms with Gasteiger partial charge in [0.25, 0.3) is 0 Å². The highest BCUT2D eigenvalue weighted by Gasteiger charge is 2.35. The van der Waals surface area contributed by atoms with Crippen LogP contribution in [0.1, 0.15) is 20.3 Å². The maximum atomic E-state index is 12.2. The highest BCUT2D eigenvalue weighted by atomic mass is 79.9. The minimum atomic E-state index is -0.277. The van der Waals surface area contributed by atoms with Crippen LogP contribution in [0.25, 0.3) is 0 Å². The van der Waals surface area contributed by atoms with Crippen molar-refractivity contribution in [2.24, 2.45) is 5.92 Å². The van der Waals surface area contributed by atoms with Crippen LogP contribution in [0.4, 0.5) is 5.69 Å². The van der Waals surface area contributed by atoms with E-state index >= 15 is 0 Å². The summed E-state index contributed by atoms with van der Waals surface area (Å²) in [6.07, 6.45) is 0.290. The molecule has 0 radical (unpaired) electrons. The van der Waals surface area contributed by atoms with Crippen LogP contribution in [-0.2, 0) is 9.59 Å². The molecule has 1 aromatic carbocycles. The third-order valence-electron chi connectivity index (χ3n) is 3.34. The van der Waals surface area contributed by atoms with Crippen LogP contribution in [0, 0.1) is 5.92 Å². The number of halogens is 2. The van der Waals surface area contributed by atoms with Crippen molar-refractivity contribution < 1.29 is 9.59 Å². The molecule has 0 spiro atoms. The molecule has 0 aromatic heterocycles. The summed E-state index contributed by atoms with van der Waals surface area (Å²) in [6.45, 7) is 4.42. The van der Waals surface area contributed by atoms with E-state index in [9.17, 15) is 9.59 Å². The Bertz CT molecular complexity index is 546. The molecule has 1 N–H and O–H groups in total. The van der Waals surface area contributed by atoms with E-state index in [1.54, 1.807) is 4.90 Å². The van der Waals surface area contributed by atoms with Gasteiger partial charge in [0.2, 0.25) is 11.8 Å². The van der Waals surface area contributed by atoms with Crippen LogP contribution >= 0.6 is 31.9 Å². The van der Waals surface area contributed by atoms with Crippen molar-refractivity contribution in [2.75, 3.05) is 11.9 Å². The summed E-state index contributed by atoms with van der Waals surface area (Å²) >= 11 is 6.78. The fourth-order valence-corrected chi connectivity index (χ4v) is 3.38. The van der Waals surface area contributed by atoms with E-state index in [0.717, 1.165) is 8.95 Å². The molecule has 4 nitrogen and oxygen atoms in total. The summed E-state index contributed by atoms with van der Waals surface area (Å²) in [6, 6.07) is 5.69. The Balaban J connectivity index is 2.04. The van der Waals surface area contributed by atoms with Gasteiger partial charge in [0, 0.05) is 28.0 Å². The zero-order valence-electron chi connectivity index (χ0n) is 11.3. The van der Waals surface area contributed by atoms with Gasteiger partial charge in [-0.2, -0.15) is 0 Å². The molecule has 0 bridgehead atoms. The van der Waals surface area contributed by atoms with E-state index in [4.69, 9.17) is 0 Å². The van der Waals surface area contributed by atoms with Gasteiger partial charge in [-0.1, -0.05) is 15.9 Å². The standard InChI is InChI=1S/C14H16Br2N2O2/c1-8(2)18-7-9(5-13(18)19)14(20)17-12-4-3-10(15)6-11(12)16/h3-4,6,8-9H,5,7H2,1-2H3,(H,17,20)/t9-/m1/s1. The monoisotopic (exact) mass is 402 g/mol. The number of hydrogen-bond donors (Lipinski definition) is 1. The molecule has 0 aliphatic carbocycles. The number of hydrogen-bond acceptors (Lipinski definition) is 2. The molecule has 1 atom stereocenters. The Labute approximate surface area is 135 Å². The first-order valence-corrected chi connectivity index (χ1v) is 8.02. The fraction of sp³-hybridized carbons (Fsp3) is 0.429. The summed E-state index contributed by atoms with van der Waals surface area (Å²) in [7, 11) is 0. The van der Waals surface area contributed by atoms with Crippen molar-refractivity contribution in [2.45, 2.75) is 26.3 Å². The topological polar surface area (TPSA) is 49.4 Å². The van der Waals surface area contributed by atoms with Gasteiger partial charge in [-0.05, 0) is 48.0 Å². The van der Waals surface area contributed by atoms with Crippen LogP contribution in [0.15, 0.2) is 27.1 Å². The zero-order chi connectivity index (χ0) is 14.9. The molecule has 108 valence electrons. The molecule has 2 rings (SSSR count). The van der Waals surface area contributed by atoms with E-state index < -0.39 is 0 Å². The first kappa shape index (κ1) is 15.5. The maximum Gasteiger partial charge on any atom is 0.229 e. The predicted molar refractivity (Wildman–Crippen MR) is 85.4 cm³/mol. The number of anilines is 1. The Morgan fingerprint density at radius 3 is 2.65 bits per heavy atom. The first-order chi connectivity index (χ1) is 9.38. The lowest BCUT2D eigenvalue weighted by Crippen LogP contribution is -2.33. The lowest BCUT2D eigenvalue weighted by atomic mass is 10.1. The Morgan fingerprint density at radius 2 is 2.10 bits per heavy atom. The summed E-state index contributed by atoms with van der Waals surface area (Å²) < 4.78 is 1.75. The van der Waals surface area contributed by atoms with Crippen LogP contribution < -0.4 is 5.32 Å². The van der Waals surface area contributed by atoms with Crippen molar-refractivity contribution in [3.05, 3.63) is 27.1 Å². The lowest BCUT2D eigenvalue weighted by molar-refractivity contribution is -0.129. The SMILES string of the molecule is CC(C)N1C[C@H](C(=O)Nc2ccc(Br)cc2Br)CC1=O. The van der Waals surface area contributed by atoms with Gasteiger partial charge in [0.1, 0.15) is 0 Å². The van der Waals surface area contributed by atoms with Crippen molar-refractivity contribution >= 4 is 49.4 Å². The number of rotatable bonds is 3. The van der Waals surface area contributed by atoms with Crippen LogP contribution in [-0.4, -0.2) is 29.3 Å². The van der Waals surface area contributed by atoms with Gasteiger partial charge in [-0.3, -0.25) is 9.59 Å². The number of benzene rings is 1. The molecule has 1 heterocycles. The smallest absolute Gasteiger partial charge is 0.229 e. The van der Waals surface area contributed by atoms with Crippen molar-refractivity contribution in [3.8, 4) is 0 Å². The minimum absolute atomic E-state index is 0.0509. The molecule has 1 fully saturated rings. The molecule has 1 aliphatic rings. The van der Waals surface area contributed by atoms with E-state index in [0.29, 0.717) is 12.2 Å². The third kappa shape index (κ3) is 3.41. The Kier molecular flexibility index (Phi) is 4.86. The van der Waals surface area contributed by atoms with E-state index in [1.165, 1.54) is 0 Å². The van der Waals surface area contributed by atoms with E-state index in [1.807, 2.05) is 32.0 Å². The quantitative estimate of drug-likeness (QED) is 0.840. The van der Waals surface area contributed by atoms with Crippen molar-refractivity contribution in [3.63, 3.8) is 0 Å². The van der Waals surface area contributed by atoms with E-state index in [2.05, 4.69) is 37.2 Å². The second-order valence-electron chi connectivity index (χ2n) is 5.15. The summed E-state index contributed by atoms with van der Waals surface area (Å²) in [5, 5.41) is 2.87. The van der Waals surface area contributed by atoms with Gasteiger partial charge in [-0.15, -0.1) is 0 Å². The van der Waals surface area contributed by atoms with Crippen LogP contribution in [0.5, 0.6) is 0 Å². The number of likely N-dealkylation sites (tertiary alicyclic amines) is 1. The molecular formula is C14H16Br2N2O2. The molecule has 20 heavy (non-hydrogen) atoms. The molecule has 1 aliphatic heterocycles. The van der Waals surface area contributed by atoms with Gasteiger partial charge < -0.3 is 10.2 Å². The lowest BCUT2D eigenvalue weighted by Gasteiger charge is -2.20. The normalized spacial score (nSPS) is 18.8. The van der Waals surface area contributed by atoms with Gasteiger partial charge in [0.05, 0.1) is 11.6 Å². The zero-order valence-corrected chi connectivity index (χ0v) is 14.5. The molecule has 1 aromatic rings. The second-order valence-corrected chi connectivity index (χ2v) is 6.92. The molecule has 6 heteroatoms. The number of carbonyl (C=O) groups excluding carboxylic acids is 2. The Morgan fingerprint density at radius 1 is 1.40 bits per heavy atom. The van der Waals surface area contributed by atoms with Crippen LogP contribution in [0.3, 0.4) is 0 Å². The number of carbonyl (C=O) groups is 2. The average molecular weight is 404 g/mol. The molecule has 2 amide bonds. The van der Waals surface area contributed by atoms with Crippen molar-refractivity contribution in [1.82, 2.24) is 4.90 Å². The summed E-state index contributed by atoms with van der Waals surface area (Å²) in [5.41, 5.74) is 0.716. The highest BCUT2D eigenvalue weighted by Crippen LogP contribution is 2.28. The third-order valence-corrected chi connectivity index (χ3v) is 4.49. The minimum Gasteiger partial charge on any atom is -0.339 e. The fourth-order valence-electron chi connectivity index (χ4n) is 2.23. The molecular weight excluding hydrogens is 388 g/mol.